The van der Waals surface area contributed by atoms with Gasteiger partial charge in [0.05, 0.1) is 6.54 Å². The van der Waals surface area contributed by atoms with Crippen molar-refractivity contribution in [1.29, 1.82) is 0 Å². The van der Waals surface area contributed by atoms with Gasteiger partial charge in [-0.15, -0.1) is 10.2 Å². The fourth-order valence-corrected chi connectivity index (χ4v) is 4.16. The van der Waals surface area contributed by atoms with E-state index >= 15 is 0 Å². The van der Waals surface area contributed by atoms with Gasteiger partial charge in [0.25, 0.3) is 0 Å². The van der Waals surface area contributed by atoms with Crippen LogP contribution in [0.1, 0.15) is 35.9 Å². The largest absolute Gasteiger partial charge is 0.384 e. The maximum atomic E-state index is 12.3. The van der Waals surface area contributed by atoms with Gasteiger partial charge in [-0.05, 0) is 30.9 Å². The van der Waals surface area contributed by atoms with E-state index in [0.29, 0.717) is 24.6 Å². The molecule has 0 spiro atoms. The number of β-amino-alcohol motifs (C(OH)–C–C–N with tert-alkyl or cyclic N) is 1. The van der Waals surface area contributed by atoms with Crippen molar-refractivity contribution in [3.05, 3.63) is 40.4 Å². The van der Waals surface area contributed by atoms with Crippen molar-refractivity contribution in [2.75, 3.05) is 25.0 Å². The first-order valence-corrected chi connectivity index (χ1v) is 9.45. The van der Waals surface area contributed by atoms with Crippen LogP contribution >= 0.6 is 11.3 Å². The molecule has 1 aromatic heterocycles. The minimum absolute atomic E-state index is 0.117. The number of hydrogen-bond acceptors (Lipinski definition) is 6. The van der Waals surface area contributed by atoms with Crippen LogP contribution in [-0.4, -0.2) is 45.7 Å². The van der Waals surface area contributed by atoms with Crippen molar-refractivity contribution in [3.63, 3.8) is 0 Å². The molecule has 7 heteroatoms. The lowest BCUT2D eigenvalue weighted by atomic mass is 9.89. The maximum Gasteiger partial charge on any atom is 0.240 e. The van der Waals surface area contributed by atoms with Gasteiger partial charge in [0.15, 0.2) is 0 Å². The van der Waals surface area contributed by atoms with Crippen LogP contribution in [0.5, 0.6) is 0 Å². The summed E-state index contributed by atoms with van der Waals surface area (Å²) in [5.41, 5.74) is 1.14. The zero-order valence-electron chi connectivity index (χ0n) is 14.7. The van der Waals surface area contributed by atoms with Crippen LogP contribution < -0.4 is 5.32 Å². The Kier molecular flexibility index (Phi) is 5.46. The Labute approximate surface area is 151 Å². The van der Waals surface area contributed by atoms with Crippen molar-refractivity contribution < 1.29 is 9.90 Å². The van der Waals surface area contributed by atoms with Crippen LogP contribution in [0.25, 0.3) is 0 Å². The highest BCUT2D eigenvalue weighted by Gasteiger charge is 2.38. The summed E-state index contributed by atoms with van der Waals surface area (Å²) < 4.78 is 0. The molecule has 6 nitrogen and oxygen atoms in total. The molecule has 3 rings (SSSR count). The fraction of sp³-hybridized carbons (Fsp3) is 0.500. The summed E-state index contributed by atoms with van der Waals surface area (Å²) in [6.45, 7) is 5.49. The molecule has 2 heterocycles. The van der Waals surface area contributed by atoms with E-state index in [9.17, 15) is 9.90 Å². The van der Waals surface area contributed by atoms with Crippen molar-refractivity contribution >= 4 is 22.4 Å². The number of aliphatic hydroxyl groups is 1. The van der Waals surface area contributed by atoms with Gasteiger partial charge >= 0.3 is 0 Å². The van der Waals surface area contributed by atoms with Gasteiger partial charge in [-0.2, -0.15) is 0 Å². The summed E-state index contributed by atoms with van der Waals surface area (Å²) in [6, 6.07) is 7.89. The van der Waals surface area contributed by atoms with Crippen LogP contribution in [0, 0.1) is 6.92 Å². The van der Waals surface area contributed by atoms with Crippen LogP contribution in [0.15, 0.2) is 24.3 Å². The topological polar surface area (TPSA) is 78.4 Å². The molecule has 2 N–H and O–H groups in total. The number of rotatable bonds is 6. The Morgan fingerprint density at radius 3 is 2.96 bits per heavy atom. The normalized spacial score (nSPS) is 20.8. The molecule has 0 radical (unpaired) electrons. The third-order valence-corrected chi connectivity index (χ3v) is 5.42. The molecule has 0 bridgehead atoms. The molecule has 1 amide bonds. The highest BCUT2D eigenvalue weighted by atomic mass is 32.1. The second-order valence-corrected chi connectivity index (χ2v) is 7.67. The molecular formula is C18H24N4O2S. The number of amides is 1. The summed E-state index contributed by atoms with van der Waals surface area (Å²) in [5.74, 6) is -0.117. The van der Waals surface area contributed by atoms with Gasteiger partial charge in [-0.1, -0.05) is 42.5 Å². The minimum Gasteiger partial charge on any atom is -0.384 e. The van der Waals surface area contributed by atoms with E-state index in [1.165, 1.54) is 11.3 Å². The van der Waals surface area contributed by atoms with Crippen LogP contribution in [0.2, 0.25) is 0 Å². The standard InChI is InChI=1S/C18H24N4O2S/c1-3-6-16-20-21-17(25-16)19-15(23)11-22-10-9-18(24,12-22)14-8-5-4-7-13(14)2/h4-5,7-8,24H,3,6,9-12H2,1-2H3,(H,19,21,23). The van der Waals surface area contributed by atoms with Gasteiger partial charge in [0, 0.05) is 19.5 Å². The lowest BCUT2D eigenvalue weighted by molar-refractivity contribution is -0.117. The number of benzene rings is 1. The Morgan fingerprint density at radius 1 is 1.40 bits per heavy atom. The summed E-state index contributed by atoms with van der Waals surface area (Å²) in [4.78, 5) is 14.2. The second kappa shape index (κ2) is 7.59. The number of carbonyl (C=O) groups is 1. The Morgan fingerprint density at radius 2 is 2.20 bits per heavy atom. The summed E-state index contributed by atoms with van der Waals surface area (Å²) in [5, 5.41) is 23.3. The lowest BCUT2D eigenvalue weighted by Gasteiger charge is -2.25. The van der Waals surface area contributed by atoms with Gasteiger partial charge in [0.1, 0.15) is 10.6 Å². The van der Waals surface area contributed by atoms with Crippen LogP contribution in [-0.2, 0) is 16.8 Å². The summed E-state index contributed by atoms with van der Waals surface area (Å²) in [6.07, 6.45) is 2.52. The number of anilines is 1. The molecule has 134 valence electrons. The van der Waals surface area contributed by atoms with E-state index in [1.54, 1.807) is 0 Å². The smallest absolute Gasteiger partial charge is 0.240 e. The molecule has 0 aliphatic carbocycles. The third-order valence-electron chi connectivity index (χ3n) is 4.52. The summed E-state index contributed by atoms with van der Waals surface area (Å²) >= 11 is 1.42. The van der Waals surface area contributed by atoms with Crippen molar-refractivity contribution in [2.24, 2.45) is 0 Å². The van der Waals surface area contributed by atoms with Crippen LogP contribution in [0.3, 0.4) is 0 Å². The fourth-order valence-electron chi connectivity index (χ4n) is 3.30. The van der Waals surface area contributed by atoms with Gasteiger partial charge in [0.2, 0.25) is 11.0 Å². The number of carbonyl (C=O) groups excluding carboxylic acids is 1. The number of likely N-dealkylation sites (tertiary alicyclic amines) is 1. The molecule has 1 fully saturated rings. The maximum absolute atomic E-state index is 12.3. The van der Waals surface area contributed by atoms with E-state index in [1.807, 2.05) is 36.1 Å². The van der Waals surface area contributed by atoms with Gasteiger partial charge < -0.3 is 5.11 Å². The molecule has 0 saturated carbocycles. The molecule has 1 aliphatic heterocycles. The van der Waals surface area contributed by atoms with Crippen molar-refractivity contribution in [1.82, 2.24) is 15.1 Å². The number of aromatic nitrogens is 2. The van der Waals surface area contributed by atoms with Gasteiger partial charge in [-0.25, -0.2) is 0 Å². The summed E-state index contributed by atoms with van der Waals surface area (Å²) in [7, 11) is 0. The average molecular weight is 360 g/mol. The molecule has 1 aromatic carbocycles. The van der Waals surface area contributed by atoms with E-state index < -0.39 is 5.60 Å². The average Bonchev–Trinajstić information content (AvgIpc) is 3.15. The molecule has 1 unspecified atom stereocenters. The SMILES string of the molecule is CCCc1nnc(NC(=O)CN2CCC(O)(c3ccccc3C)C2)s1. The zero-order valence-corrected chi connectivity index (χ0v) is 15.5. The number of nitrogens with zero attached hydrogens (tertiary/aromatic N) is 3. The van der Waals surface area contributed by atoms with Crippen molar-refractivity contribution in [3.8, 4) is 0 Å². The highest BCUT2D eigenvalue weighted by molar-refractivity contribution is 7.15. The van der Waals surface area contributed by atoms with E-state index in [2.05, 4.69) is 22.4 Å². The quantitative estimate of drug-likeness (QED) is 0.827. The minimum atomic E-state index is -0.886. The molecule has 1 atom stereocenters. The molecular weight excluding hydrogens is 336 g/mol. The molecule has 1 aliphatic rings. The van der Waals surface area contributed by atoms with Crippen molar-refractivity contribution in [2.45, 2.75) is 38.7 Å². The molecule has 2 aromatic rings. The predicted octanol–water partition coefficient (Wildman–Crippen LogP) is 2.33. The molecule has 1 saturated heterocycles. The Hall–Kier alpha value is -1.83. The van der Waals surface area contributed by atoms with E-state index in [0.717, 1.165) is 29.0 Å². The first kappa shape index (κ1) is 18.0. The zero-order chi connectivity index (χ0) is 17.9. The highest BCUT2D eigenvalue weighted by Crippen LogP contribution is 2.33. The van der Waals surface area contributed by atoms with Gasteiger partial charge in [-0.3, -0.25) is 15.0 Å². The second-order valence-electron chi connectivity index (χ2n) is 6.61. The Bertz CT molecular complexity index is 748. The first-order valence-electron chi connectivity index (χ1n) is 8.63. The van der Waals surface area contributed by atoms with Crippen LogP contribution in [0.4, 0.5) is 5.13 Å². The van der Waals surface area contributed by atoms with E-state index in [-0.39, 0.29) is 12.5 Å². The monoisotopic (exact) mass is 360 g/mol. The van der Waals surface area contributed by atoms with E-state index in [4.69, 9.17) is 0 Å². The predicted molar refractivity (Wildman–Crippen MR) is 98.7 cm³/mol. The number of aryl methyl sites for hydroxylation is 2. The lowest BCUT2D eigenvalue weighted by Crippen LogP contribution is -2.35. The Balaban J connectivity index is 1.57. The number of nitrogens with one attached hydrogen (secondary N) is 1. The molecule has 25 heavy (non-hydrogen) atoms. The third kappa shape index (κ3) is 4.23. The number of hydrogen-bond donors (Lipinski definition) is 2. The first-order chi connectivity index (χ1) is 12.0.